The Morgan fingerprint density at radius 3 is 2.71 bits per heavy atom. The molecule has 0 amide bonds. The van der Waals surface area contributed by atoms with Gasteiger partial charge >= 0.3 is 0 Å². The van der Waals surface area contributed by atoms with Gasteiger partial charge in [0.1, 0.15) is 12.1 Å². The number of halogens is 1. The summed E-state index contributed by atoms with van der Waals surface area (Å²) in [6.45, 7) is 1.34. The van der Waals surface area contributed by atoms with E-state index in [1.54, 1.807) is 0 Å². The van der Waals surface area contributed by atoms with Crippen molar-refractivity contribution in [1.29, 1.82) is 0 Å². The zero-order valence-electron chi connectivity index (χ0n) is 7.52. The molecule has 0 N–H and O–H groups in total. The molecule has 14 heavy (non-hydrogen) atoms. The minimum Gasteiger partial charge on any atom is -0.355 e. The first-order valence-electron chi connectivity index (χ1n) is 4.33. The van der Waals surface area contributed by atoms with Gasteiger partial charge in [0.05, 0.1) is 0 Å². The van der Waals surface area contributed by atoms with Gasteiger partial charge in [0.2, 0.25) is 5.95 Å². The second kappa shape index (κ2) is 4.00. The summed E-state index contributed by atoms with van der Waals surface area (Å²) in [5.74, 6) is 1.31. The molecule has 0 bridgehead atoms. The van der Waals surface area contributed by atoms with E-state index in [2.05, 4.69) is 9.97 Å². The normalized spacial score (nSPS) is 18.5. The summed E-state index contributed by atoms with van der Waals surface area (Å²) in [6.07, 6.45) is 1.20. The van der Waals surface area contributed by atoms with Crippen LogP contribution in [0.15, 0.2) is 12.4 Å². The summed E-state index contributed by atoms with van der Waals surface area (Å²) in [7, 11) is -0.719. The Kier molecular flexibility index (Phi) is 2.72. The van der Waals surface area contributed by atoms with Gasteiger partial charge in [-0.05, 0) is 0 Å². The van der Waals surface area contributed by atoms with Crippen LogP contribution in [0, 0.1) is 5.95 Å². The molecule has 1 saturated heterocycles. The van der Waals surface area contributed by atoms with Crippen LogP contribution in [0.5, 0.6) is 0 Å². The minimum atomic E-state index is -0.719. The first-order chi connectivity index (χ1) is 6.75. The molecule has 4 nitrogen and oxygen atoms in total. The van der Waals surface area contributed by atoms with Crippen LogP contribution in [0.2, 0.25) is 0 Å². The monoisotopic (exact) mass is 215 g/mol. The fourth-order valence-electron chi connectivity index (χ4n) is 1.36. The molecule has 1 aromatic rings. The molecule has 76 valence electrons. The molecule has 0 unspecified atom stereocenters. The third-order valence-electron chi connectivity index (χ3n) is 2.12. The Hall–Kier alpha value is -1.04. The van der Waals surface area contributed by atoms with Crippen molar-refractivity contribution in [3.05, 3.63) is 18.3 Å². The van der Waals surface area contributed by atoms with Gasteiger partial charge in [-0.1, -0.05) is 0 Å². The molecule has 0 aliphatic carbocycles. The molecule has 0 radical (unpaired) electrons. The van der Waals surface area contributed by atoms with Crippen molar-refractivity contribution < 1.29 is 8.60 Å². The van der Waals surface area contributed by atoms with Crippen molar-refractivity contribution in [2.75, 3.05) is 29.5 Å². The van der Waals surface area contributed by atoms with Crippen LogP contribution in [0.1, 0.15) is 0 Å². The smallest absolute Gasteiger partial charge is 0.218 e. The second-order valence-corrected chi connectivity index (χ2v) is 4.73. The van der Waals surface area contributed by atoms with Gasteiger partial charge in [-0.3, -0.25) is 4.21 Å². The lowest BCUT2D eigenvalue weighted by Crippen LogP contribution is -2.38. The minimum absolute atomic E-state index is 0.526. The zero-order chi connectivity index (χ0) is 9.97. The Balaban J connectivity index is 2.12. The maximum atomic E-state index is 12.8. The first kappa shape index (κ1) is 9.51. The molecule has 1 aliphatic heterocycles. The van der Waals surface area contributed by atoms with Gasteiger partial charge < -0.3 is 4.90 Å². The van der Waals surface area contributed by atoms with E-state index in [-0.39, 0.29) is 0 Å². The molecule has 1 aromatic heterocycles. The van der Waals surface area contributed by atoms with Crippen LogP contribution in [0.4, 0.5) is 10.2 Å². The number of hydrogen-bond acceptors (Lipinski definition) is 4. The highest BCUT2D eigenvalue weighted by molar-refractivity contribution is 7.85. The molecular weight excluding hydrogens is 205 g/mol. The van der Waals surface area contributed by atoms with Gasteiger partial charge in [-0.2, -0.15) is 4.39 Å². The molecule has 0 aromatic carbocycles. The highest BCUT2D eigenvalue weighted by Gasteiger charge is 2.16. The zero-order valence-corrected chi connectivity index (χ0v) is 8.34. The molecule has 0 atom stereocenters. The van der Waals surface area contributed by atoms with Crippen molar-refractivity contribution in [3.8, 4) is 0 Å². The summed E-state index contributed by atoms with van der Waals surface area (Å²) in [5.41, 5.74) is 0. The summed E-state index contributed by atoms with van der Waals surface area (Å²) in [4.78, 5) is 9.27. The lowest BCUT2D eigenvalue weighted by molar-refractivity contribution is 0.578. The van der Waals surface area contributed by atoms with Crippen LogP contribution >= 0.6 is 0 Å². The van der Waals surface area contributed by atoms with Gasteiger partial charge in [0.15, 0.2) is 0 Å². The Morgan fingerprint density at radius 2 is 2.07 bits per heavy atom. The molecular formula is C8H10FN3OS. The van der Waals surface area contributed by atoms with Crippen molar-refractivity contribution >= 4 is 16.6 Å². The fourth-order valence-corrected chi connectivity index (χ4v) is 2.42. The lowest BCUT2D eigenvalue weighted by Gasteiger charge is -2.26. The Bertz CT molecular complexity index is 350. The van der Waals surface area contributed by atoms with E-state index in [9.17, 15) is 8.60 Å². The predicted molar refractivity (Wildman–Crippen MR) is 52.1 cm³/mol. The van der Waals surface area contributed by atoms with Crippen LogP contribution in [0.3, 0.4) is 0 Å². The van der Waals surface area contributed by atoms with Gasteiger partial charge in [0.25, 0.3) is 0 Å². The molecule has 1 aliphatic rings. The highest BCUT2D eigenvalue weighted by atomic mass is 32.2. The second-order valence-electron chi connectivity index (χ2n) is 3.03. The van der Waals surface area contributed by atoms with Crippen LogP contribution in [0.25, 0.3) is 0 Å². The van der Waals surface area contributed by atoms with E-state index < -0.39 is 16.7 Å². The van der Waals surface area contributed by atoms with E-state index in [1.807, 2.05) is 4.90 Å². The highest BCUT2D eigenvalue weighted by Crippen LogP contribution is 2.12. The summed E-state index contributed by atoms with van der Waals surface area (Å²) < 4.78 is 23.8. The summed E-state index contributed by atoms with van der Waals surface area (Å²) in [6, 6.07) is 1.30. The maximum Gasteiger partial charge on any atom is 0.218 e. The molecule has 0 saturated carbocycles. The number of rotatable bonds is 1. The average molecular weight is 215 g/mol. The molecule has 2 rings (SSSR count). The van der Waals surface area contributed by atoms with Crippen LogP contribution < -0.4 is 4.90 Å². The third kappa shape index (κ3) is 2.06. The predicted octanol–water partition coefficient (Wildman–Crippen LogP) is 0.184. The van der Waals surface area contributed by atoms with E-state index >= 15 is 0 Å². The quantitative estimate of drug-likeness (QED) is 0.627. The Labute approximate surface area is 83.6 Å². The van der Waals surface area contributed by atoms with Crippen molar-refractivity contribution in [3.63, 3.8) is 0 Å². The van der Waals surface area contributed by atoms with E-state index in [1.165, 1.54) is 12.4 Å². The van der Waals surface area contributed by atoms with Gasteiger partial charge in [0, 0.05) is 41.5 Å². The fraction of sp³-hybridized carbons (Fsp3) is 0.500. The van der Waals surface area contributed by atoms with Crippen molar-refractivity contribution in [2.24, 2.45) is 0 Å². The van der Waals surface area contributed by atoms with E-state index in [0.717, 1.165) is 0 Å². The lowest BCUT2D eigenvalue weighted by atomic mass is 10.4. The third-order valence-corrected chi connectivity index (χ3v) is 3.40. The van der Waals surface area contributed by atoms with E-state index in [4.69, 9.17) is 0 Å². The molecule has 2 heterocycles. The van der Waals surface area contributed by atoms with Crippen LogP contribution in [-0.4, -0.2) is 38.8 Å². The van der Waals surface area contributed by atoms with Gasteiger partial charge in [-0.25, -0.2) is 9.97 Å². The number of anilines is 1. The summed E-state index contributed by atoms with van der Waals surface area (Å²) in [5, 5.41) is 0. The van der Waals surface area contributed by atoms with Crippen molar-refractivity contribution in [1.82, 2.24) is 9.97 Å². The summed E-state index contributed by atoms with van der Waals surface area (Å²) >= 11 is 0. The number of hydrogen-bond donors (Lipinski definition) is 0. The topological polar surface area (TPSA) is 46.1 Å². The SMILES string of the molecule is O=S1CCN(c2cc(F)ncn2)CC1. The van der Waals surface area contributed by atoms with Crippen molar-refractivity contribution in [2.45, 2.75) is 0 Å². The number of aromatic nitrogens is 2. The number of nitrogens with zero attached hydrogens (tertiary/aromatic N) is 3. The van der Waals surface area contributed by atoms with Gasteiger partial charge in [-0.15, -0.1) is 0 Å². The van der Waals surface area contributed by atoms with E-state index in [0.29, 0.717) is 30.4 Å². The molecule has 1 fully saturated rings. The average Bonchev–Trinajstić information content (AvgIpc) is 2.19. The maximum absolute atomic E-state index is 12.8. The van der Waals surface area contributed by atoms with Crippen LogP contribution in [-0.2, 0) is 10.8 Å². The molecule has 0 spiro atoms. The standard InChI is InChI=1S/C8H10FN3OS/c9-7-5-8(11-6-10-7)12-1-3-14(13)4-2-12/h5-6H,1-4H2. The largest absolute Gasteiger partial charge is 0.355 e. The Morgan fingerprint density at radius 1 is 1.36 bits per heavy atom. The molecule has 6 heteroatoms. The first-order valence-corrected chi connectivity index (χ1v) is 5.82.